The molecule has 114 valence electrons. The minimum absolute atomic E-state index is 0. The number of nitrogens with two attached hydrogens (primary N) is 1. The molecule has 1 fully saturated rings. The minimum Gasteiger partial charge on any atom is -0.370 e. The van der Waals surface area contributed by atoms with Crippen LogP contribution in [0.1, 0.15) is 47.0 Å². The number of nitrogens with one attached hydrogen (secondary N) is 1. The molecular weight excluding hydrogens is 351 g/mol. The van der Waals surface area contributed by atoms with Crippen molar-refractivity contribution in [2.45, 2.75) is 59.0 Å². The fourth-order valence-electron chi connectivity index (χ4n) is 2.38. The Morgan fingerprint density at radius 1 is 1.26 bits per heavy atom. The zero-order chi connectivity index (χ0) is 13.5. The Bertz CT molecular complexity index is 254. The van der Waals surface area contributed by atoms with Gasteiger partial charge in [-0.3, -0.25) is 9.89 Å². The molecule has 0 aliphatic heterocycles. The van der Waals surface area contributed by atoms with Crippen LogP contribution in [0.3, 0.4) is 0 Å². The average Bonchev–Trinajstić information content (AvgIpc) is 2.20. The standard InChI is InChI=1S/C14H30N4.HI/c1-11(2)18(12(3)4)9-8-16-14(15)17-10-13-6-5-7-13;/h11-13H,5-10H2,1-4H3,(H3,15,16,17);1H. The monoisotopic (exact) mass is 382 g/mol. The summed E-state index contributed by atoms with van der Waals surface area (Å²) in [6, 6.07) is 1.14. The highest BCUT2D eigenvalue weighted by Crippen LogP contribution is 2.26. The number of aliphatic imine (C=N–C) groups is 1. The summed E-state index contributed by atoms with van der Waals surface area (Å²) in [6.07, 6.45) is 4.02. The molecule has 4 nitrogen and oxygen atoms in total. The van der Waals surface area contributed by atoms with Gasteiger partial charge in [-0.1, -0.05) is 6.42 Å². The first-order chi connectivity index (χ1) is 8.50. The van der Waals surface area contributed by atoms with Gasteiger partial charge in [0.2, 0.25) is 0 Å². The van der Waals surface area contributed by atoms with Crippen molar-refractivity contribution in [3.05, 3.63) is 0 Å². The van der Waals surface area contributed by atoms with Crippen molar-refractivity contribution >= 4 is 29.9 Å². The third-order valence-corrected chi connectivity index (χ3v) is 3.75. The molecule has 0 unspecified atom stereocenters. The van der Waals surface area contributed by atoms with Crippen molar-refractivity contribution in [1.29, 1.82) is 0 Å². The van der Waals surface area contributed by atoms with Crippen LogP contribution in [0.25, 0.3) is 0 Å². The van der Waals surface area contributed by atoms with E-state index in [2.05, 4.69) is 42.9 Å². The summed E-state index contributed by atoms with van der Waals surface area (Å²) < 4.78 is 0. The van der Waals surface area contributed by atoms with E-state index in [0.29, 0.717) is 18.0 Å². The van der Waals surface area contributed by atoms with Crippen molar-refractivity contribution in [2.24, 2.45) is 16.6 Å². The first-order valence-electron chi connectivity index (χ1n) is 7.30. The number of rotatable bonds is 7. The quantitative estimate of drug-likeness (QED) is 0.404. The number of hydrogen-bond donors (Lipinski definition) is 2. The maximum atomic E-state index is 5.86. The summed E-state index contributed by atoms with van der Waals surface area (Å²) in [5, 5.41) is 3.21. The highest BCUT2D eigenvalue weighted by atomic mass is 127. The SMILES string of the molecule is CC(C)N(CCNC(N)=NCC1CCC1)C(C)C.I. The minimum atomic E-state index is 0. The van der Waals surface area contributed by atoms with Crippen molar-refractivity contribution in [3.63, 3.8) is 0 Å². The molecule has 19 heavy (non-hydrogen) atoms. The van der Waals surface area contributed by atoms with Crippen LogP contribution < -0.4 is 11.1 Å². The molecule has 0 aromatic rings. The van der Waals surface area contributed by atoms with Gasteiger partial charge in [0.15, 0.2) is 5.96 Å². The van der Waals surface area contributed by atoms with Crippen LogP contribution in [-0.2, 0) is 0 Å². The Labute approximate surface area is 135 Å². The average molecular weight is 382 g/mol. The van der Waals surface area contributed by atoms with Crippen molar-refractivity contribution in [3.8, 4) is 0 Å². The number of guanidine groups is 1. The van der Waals surface area contributed by atoms with Gasteiger partial charge in [-0.25, -0.2) is 0 Å². The highest BCUT2D eigenvalue weighted by Gasteiger charge is 2.16. The Balaban J connectivity index is 0.00000324. The highest BCUT2D eigenvalue weighted by molar-refractivity contribution is 14.0. The largest absolute Gasteiger partial charge is 0.370 e. The van der Waals surface area contributed by atoms with E-state index in [1.807, 2.05) is 0 Å². The van der Waals surface area contributed by atoms with Crippen molar-refractivity contribution < 1.29 is 0 Å². The lowest BCUT2D eigenvalue weighted by Crippen LogP contribution is -2.44. The fraction of sp³-hybridized carbons (Fsp3) is 0.929. The normalized spacial score (nSPS) is 16.7. The summed E-state index contributed by atoms with van der Waals surface area (Å²) in [6.45, 7) is 11.7. The number of nitrogens with zero attached hydrogens (tertiary/aromatic N) is 2. The maximum absolute atomic E-state index is 5.86. The predicted octanol–water partition coefficient (Wildman–Crippen LogP) is 2.43. The van der Waals surface area contributed by atoms with Gasteiger partial charge in [-0.15, -0.1) is 24.0 Å². The first-order valence-corrected chi connectivity index (χ1v) is 7.30. The summed E-state index contributed by atoms with van der Waals surface area (Å²) in [5.74, 6) is 1.39. The maximum Gasteiger partial charge on any atom is 0.188 e. The third kappa shape index (κ3) is 7.34. The van der Waals surface area contributed by atoms with Crippen molar-refractivity contribution in [1.82, 2.24) is 10.2 Å². The van der Waals surface area contributed by atoms with Gasteiger partial charge in [0.05, 0.1) is 0 Å². The predicted molar refractivity (Wildman–Crippen MR) is 94.2 cm³/mol. The lowest BCUT2D eigenvalue weighted by atomic mass is 9.86. The zero-order valence-corrected chi connectivity index (χ0v) is 15.2. The second-order valence-electron chi connectivity index (χ2n) is 5.87. The van der Waals surface area contributed by atoms with Gasteiger partial charge in [0, 0.05) is 31.7 Å². The van der Waals surface area contributed by atoms with E-state index < -0.39 is 0 Å². The van der Waals surface area contributed by atoms with Gasteiger partial charge >= 0.3 is 0 Å². The van der Waals surface area contributed by atoms with E-state index >= 15 is 0 Å². The van der Waals surface area contributed by atoms with Crippen LogP contribution in [0, 0.1) is 5.92 Å². The summed E-state index contributed by atoms with van der Waals surface area (Å²) in [5.41, 5.74) is 5.86. The van der Waals surface area contributed by atoms with Crippen LogP contribution in [-0.4, -0.2) is 42.6 Å². The fourth-order valence-corrected chi connectivity index (χ4v) is 2.38. The Morgan fingerprint density at radius 2 is 1.84 bits per heavy atom. The molecule has 0 amide bonds. The summed E-state index contributed by atoms with van der Waals surface area (Å²) in [4.78, 5) is 6.85. The Morgan fingerprint density at radius 3 is 2.26 bits per heavy atom. The van der Waals surface area contributed by atoms with Crippen molar-refractivity contribution in [2.75, 3.05) is 19.6 Å². The molecule has 0 spiro atoms. The van der Waals surface area contributed by atoms with E-state index in [1.54, 1.807) is 0 Å². The Kier molecular flexibility index (Phi) is 9.78. The van der Waals surface area contributed by atoms with Crippen LogP contribution in [0.2, 0.25) is 0 Å². The van der Waals surface area contributed by atoms with E-state index in [-0.39, 0.29) is 24.0 Å². The second-order valence-corrected chi connectivity index (χ2v) is 5.87. The van der Waals surface area contributed by atoms with E-state index in [0.717, 1.165) is 25.6 Å². The van der Waals surface area contributed by atoms with E-state index in [4.69, 9.17) is 5.73 Å². The second kappa shape index (κ2) is 9.80. The lowest BCUT2D eigenvalue weighted by molar-refractivity contribution is 0.178. The molecule has 1 rings (SSSR count). The summed E-state index contributed by atoms with van der Waals surface area (Å²) >= 11 is 0. The smallest absolute Gasteiger partial charge is 0.188 e. The molecule has 1 aliphatic carbocycles. The Hall–Kier alpha value is -0.0400. The molecular formula is C14H31IN4. The molecule has 1 aliphatic rings. The van der Waals surface area contributed by atoms with Gasteiger partial charge in [-0.05, 0) is 46.5 Å². The molecule has 0 bridgehead atoms. The van der Waals surface area contributed by atoms with Gasteiger partial charge in [0.25, 0.3) is 0 Å². The topological polar surface area (TPSA) is 53.6 Å². The van der Waals surface area contributed by atoms with Crippen LogP contribution in [0.5, 0.6) is 0 Å². The molecule has 0 heterocycles. The summed E-state index contributed by atoms with van der Waals surface area (Å²) in [7, 11) is 0. The zero-order valence-electron chi connectivity index (χ0n) is 12.9. The van der Waals surface area contributed by atoms with Crippen LogP contribution >= 0.6 is 24.0 Å². The number of hydrogen-bond acceptors (Lipinski definition) is 2. The van der Waals surface area contributed by atoms with Gasteiger partial charge in [0.1, 0.15) is 0 Å². The molecule has 0 radical (unpaired) electrons. The molecule has 0 aromatic heterocycles. The van der Waals surface area contributed by atoms with E-state index in [9.17, 15) is 0 Å². The van der Waals surface area contributed by atoms with Crippen LogP contribution in [0.4, 0.5) is 0 Å². The lowest BCUT2D eigenvalue weighted by Gasteiger charge is -2.30. The first kappa shape index (κ1) is 19.0. The number of halogens is 1. The molecule has 5 heteroatoms. The van der Waals surface area contributed by atoms with Gasteiger partial charge < -0.3 is 11.1 Å². The molecule has 3 N–H and O–H groups in total. The molecule has 0 atom stereocenters. The third-order valence-electron chi connectivity index (χ3n) is 3.75. The molecule has 0 aromatic carbocycles. The molecule has 0 saturated heterocycles. The van der Waals surface area contributed by atoms with E-state index in [1.165, 1.54) is 19.3 Å². The van der Waals surface area contributed by atoms with Gasteiger partial charge in [-0.2, -0.15) is 0 Å². The molecule has 1 saturated carbocycles. The van der Waals surface area contributed by atoms with Crippen LogP contribution in [0.15, 0.2) is 4.99 Å².